The molecule has 1 aliphatic heterocycles. The summed E-state index contributed by atoms with van der Waals surface area (Å²) in [6, 6.07) is 0. The van der Waals surface area contributed by atoms with Crippen LogP contribution in [0.15, 0.2) is 0 Å². The van der Waals surface area contributed by atoms with E-state index in [1.165, 1.54) is 58.4 Å². The minimum atomic E-state index is 1.10. The second-order valence-corrected chi connectivity index (χ2v) is 4.18. The topological polar surface area (TPSA) is 15.3 Å². The van der Waals surface area contributed by atoms with Crippen molar-refractivity contribution >= 4 is 0 Å². The minimum Gasteiger partial charge on any atom is -0.315 e. The summed E-state index contributed by atoms with van der Waals surface area (Å²) >= 11 is 0. The van der Waals surface area contributed by atoms with Crippen molar-refractivity contribution in [1.82, 2.24) is 10.2 Å². The first kappa shape index (κ1) is 8.52. The largest absolute Gasteiger partial charge is 0.315 e. The third-order valence-electron chi connectivity index (χ3n) is 2.98. The van der Waals surface area contributed by atoms with Gasteiger partial charge >= 0.3 is 0 Å². The van der Waals surface area contributed by atoms with Gasteiger partial charge in [0.05, 0.1) is 0 Å². The van der Waals surface area contributed by atoms with Crippen molar-refractivity contribution in [2.24, 2.45) is 5.92 Å². The van der Waals surface area contributed by atoms with E-state index in [4.69, 9.17) is 0 Å². The number of nitrogens with zero attached hydrogens (tertiary/aromatic N) is 1. The fourth-order valence-electron chi connectivity index (χ4n) is 1.90. The molecule has 0 atom stereocenters. The monoisotopic (exact) mass is 168 g/mol. The van der Waals surface area contributed by atoms with Crippen LogP contribution in [0.5, 0.6) is 0 Å². The molecular weight excluding hydrogens is 148 g/mol. The fourth-order valence-corrected chi connectivity index (χ4v) is 1.90. The molecule has 70 valence electrons. The summed E-state index contributed by atoms with van der Waals surface area (Å²) in [7, 11) is 0. The van der Waals surface area contributed by atoms with Crippen LogP contribution in [-0.4, -0.2) is 37.6 Å². The van der Waals surface area contributed by atoms with Crippen LogP contribution < -0.4 is 5.32 Å². The van der Waals surface area contributed by atoms with Gasteiger partial charge in [0.15, 0.2) is 0 Å². The molecule has 0 aromatic rings. The van der Waals surface area contributed by atoms with Gasteiger partial charge < -0.3 is 10.2 Å². The van der Waals surface area contributed by atoms with E-state index >= 15 is 0 Å². The van der Waals surface area contributed by atoms with E-state index in [1.807, 2.05) is 0 Å². The normalized spacial score (nSPS) is 27.0. The van der Waals surface area contributed by atoms with Gasteiger partial charge in [-0.3, -0.25) is 0 Å². The van der Waals surface area contributed by atoms with Crippen LogP contribution in [0.3, 0.4) is 0 Å². The highest BCUT2D eigenvalue weighted by atomic mass is 15.1. The first-order valence-electron chi connectivity index (χ1n) is 5.38. The Labute approximate surface area is 75.3 Å². The van der Waals surface area contributed by atoms with Crippen LogP contribution in [0.1, 0.15) is 25.7 Å². The Morgan fingerprint density at radius 2 is 2.08 bits per heavy atom. The Morgan fingerprint density at radius 1 is 1.17 bits per heavy atom. The molecule has 2 heteroatoms. The first-order chi connectivity index (χ1) is 5.95. The van der Waals surface area contributed by atoms with Crippen LogP contribution >= 0.6 is 0 Å². The van der Waals surface area contributed by atoms with Crippen molar-refractivity contribution in [1.29, 1.82) is 0 Å². The lowest BCUT2D eigenvalue weighted by atomic mass is 10.2. The van der Waals surface area contributed by atoms with E-state index < -0.39 is 0 Å². The van der Waals surface area contributed by atoms with E-state index in [0.29, 0.717) is 0 Å². The molecule has 2 rings (SSSR count). The molecule has 12 heavy (non-hydrogen) atoms. The van der Waals surface area contributed by atoms with E-state index in [0.717, 1.165) is 5.92 Å². The zero-order chi connectivity index (χ0) is 8.23. The van der Waals surface area contributed by atoms with Crippen molar-refractivity contribution in [3.63, 3.8) is 0 Å². The quantitative estimate of drug-likeness (QED) is 0.678. The van der Waals surface area contributed by atoms with Crippen molar-refractivity contribution in [2.45, 2.75) is 25.7 Å². The van der Waals surface area contributed by atoms with E-state index in [9.17, 15) is 0 Å². The molecule has 0 amide bonds. The Bertz CT molecular complexity index is 124. The number of nitrogens with one attached hydrogen (secondary N) is 1. The molecule has 0 unspecified atom stereocenters. The predicted octanol–water partition coefficient (Wildman–Crippen LogP) is 1.08. The molecule has 0 spiro atoms. The smallest absolute Gasteiger partial charge is 0.0107 e. The maximum absolute atomic E-state index is 3.44. The average Bonchev–Trinajstić information content (AvgIpc) is 2.90. The highest BCUT2D eigenvalue weighted by Gasteiger charge is 2.21. The summed E-state index contributed by atoms with van der Waals surface area (Å²) in [5.41, 5.74) is 0. The molecule has 0 radical (unpaired) electrons. The molecule has 0 aromatic heterocycles. The third kappa shape index (κ3) is 2.76. The van der Waals surface area contributed by atoms with E-state index in [2.05, 4.69) is 10.2 Å². The van der Waals surface area contributed by atoms with E-state index in [-0.39, 0.29) is 0 Å². The third-order valence-corrected chi connectivity index (χ3v) is 2.98. The van der Waals surface area contributed by atoms with Gasteiger partial charge in [-0.2, -0.15) is 0 Å². The highest BCUT2D eigenvalue weighted by Crippen LogP contribution is 2.32. The molecule has 1 aliphatic carbocycles. The van der Waals surface area contributed by atoms with E-state index in [1.54, 1.807) is 0 Å². The molecule has 2 aliphatic rings. The SMILES string of the molecule is C1CNCCN(CCC2CC2)C1. The molecular formula is C10H20N2. The van der Waals surface area contributed by atoms with Gasteiger partial charge in [-0.25, -0.2) is 0 Å². The zero-order valence-corrected chi connectivity index (χ0v) is 7.89. The van der Waals surface area contributed by atoms with Crippen LogP contribution in [0.25, 0.3) is 0 Å². The van der Waals surface area contributed by atoms with Gasteiger partial charge in [-0.1, -0.05) is 12.8 Å². The van der Waals surface area contributed by atoms with Gasteiger partial charge in [0.2, 0.25) is 0 Å². The van der Waals surface area contributed by atoms with Crippen molar-refractivity contribution in [3.05, 3.63) is 0 Å². The van der Waals surface area contributed by atoms with Crippen LogP contribution in [0.4, 0.5) is 0 Å². The van der Waals surface area contributed by atoms with Gasteiger partial charge in [0.1, 0.15) is 0 Å². The van der Waals surface area contributed by atoms with Gasteiger partial charge in [0.25, 0.3) is 0 Å². The Hall–Kier alpha value is -0.0800. The van der Waals surface area contributed by atoms with Gasteiger partial charge in [0, 0.05) is 13.1 Å². The maximum atomic E-state index is 3.44. The summed E-state index contributed by atoms with van der Waals surface area (Å²) in [5, 5.41) is 3.44. The molecule has 0 bridgehead atoms. The molecule has 1 saturated heterocycles. The Balaban J connectivity index is 1.62. The van der Waals surface area contributed by atoms with Crippen molar-refractivity contribution < 1.29 is 0 Å². The number of hydrogen-bond acceptors (Lipinski definition) is 2. The van der Waals surface area contributed by atoms with Crippen molar-refractivity contribution in [2.75, 3.05) is 32.7 Å². The predicted molar refractivity (Wildman–Crippen MR) is 51.3 cm³/mol. The first-order valence-corrected chi connectivity index (χ1v) is 5.38. The minimum absolute atomic E-state index is 1.10. The summed E-state index contributed by atoms with van der Waals surface area (Å²) in [4.78, 5) is 2.62. The van der Waals surface area contributed by atoms with Crippen molar-refractivity contribution in [3.8, 4) is 0 Å². The second kappa shape index (κ2) is 4.24. The summed E-state index contributed by atoms with van der Waals surface area (Å²) in [6.45, 7) is 6.36. The number of hydrogen-bond donors (Lipinski definition) is 1. The van der Waals surface area contributed by atoms with Gasteiger partial charge in [-0.05, 0) is 38.4 Å². The second-order valence-electron chi connectivity index (χ2n) is 4.18. The van der Waals surface area contributed by atoms with Gasteiger partial charge in [-0.15, -0.1) is 0 Å². The summed E-state index contributed by atoms with van der Waals surface area (Å²) in [6.07, 6.45) is 5.81. The Kier molecular flexibility index (Phi) is 3.01. The molecule has 1 N–H and O–H groups in total. The molecule has 0 aromatic carbocycles. The lowest BCUT2D eigenvalue weighted by Crippen LogP contribution is -2.29. The maximum Gasteiger partial charge on any atom is 0.0107 e. The molecule has 1 saturated carbocycles. The van der Waals surface area contributed by atoms with Crippen LogP contribution in [0, 0.1) is 5.92 Å². The standard InChI is InChI=1S/C10H20N2/c1-5-11-6-9-12(7-1)8-4-10-2-3-10/h10-11H,1-9H2. The molecule has 1 heterocycles. The molecule has 2 nitrogen and oxygen atoms in total. The highest BCUT2D eigenvalue weighted by molar-refractivity contribution is 4.75. The molecule has 2 fully saturated rings. The summed E-state index contributed by atoms with van der Waals surface area (Å²) in [5.74, 6) is 1.10. The lowest BCUT2D eigenvalue weighted by molar-refractivity contribution is 0.283. The zero-order valence-electron chi connectivity index (χ0n) is 7.89. The number of rotatable bonds is 3. The van der Waals surface area contributed by atoms with Crippen LogP contribution in [0.2, 0.25) is 0 Å². The Morgan fingerprint density at radius 3 is 2.92 bits per heavy atom. The van der Waals surface area contributed by atoms with Crippen LogP contribution in [-0.2, 0) is 0 Å². The summed E-state index contributed by atoms with van der Waals surface area (Å²) < 4.78 is 0. The fraction of sp³-hybridized carbons (Fsp3) is 1.00. The average molecular weight is 168 g/mol. The lowest BCUT2D eigenvalue weighted by Gasteiger charge is -2.18.